The molecule has 206 valence electrons. The first-order valence-corrected chi connectivity index (χ1v) is 13.6. The number of para-hydroxylation sites is 1. The maximum atomic E-state index is 13.6. The van der Waals surface area contributed by atoms with Crippen molar-refractivity contribution in [3.63, 3.8) is 0 Å². The molecule has 12 heteroatoms. The number of carbonyl (C=O) groups is 4. The third-order valence-electron chi connectivity index (χ3n) is 5.76. The van der Waals surface area contributed by atoms with Crippen molar-refractivity contribution in [3.8, 4) is 0 Å². The minimum absolute atomic E-state index is 0.0314. The molecule has 0 radical (unpaired) electrons. The zero-order chi connectivity index (χ0) is 29.0. The number of Topliss-reactive ketones (excluding diaryl/α,β-unsaturated/α-hetero) is 1. The molecule has 0 aliphatic carbocycles. The molecule has 0 saturated heterocycles. The number of sulfonamides is 1. The van der Waals surface area contributed by atoms with Crippen molar-refractivity contribution in [1.82, 2.24) is 14.3 Å². The monoisotopic (exact) mass is 553 g/mol. The van der Waals surface area contributed by atoms with E-state index in [-0.39, 0.29) is 22.8 Å². The number of amides is 3. The fourth-order valence-corrected chi connectivity index (χ4v) is 4.65. The first-order chi connectivity index (χ1) is 18.2. The van der Waals surface area contributed by atoms with Gasteiger partial charge in [0, 0.05) is 35.6 Å². The first kappa shape index (κ1) is 29.2. The van der Waals surface area contributed by atoms with Crippen molar-refractivity contribution in [2.75, 3.05) is 10.6 Å². The van der Waals surface area contributed by atoms with E-state index in [9.17, 15) is 27.6 Å². The molecular weight excluding hydrogens is 522 g/mol. The summed E-state index contributed by atoms with van der Waals surface area (Å²) in [6.07, 6.45) is 2.64. The predicted octanol–water partition coefficient (Wildman–Crippen LogP) is 3.45. The zero-order valence-electron chi connectivity index (χ0n) is 22.3. The van der Waals surface area contributed by atoms with Crippen molar-refractivity contribution in [2.45, 2.75) is 52.0 Å². The van der Waals surface area contributed by atoms with Gasteiger partial charge in [0.15, 0.2) is 17.6 Å². The molecule has 0 fully saturated rings. The molecule has 0 aliphatic heterocycles. The normalized spacial score (nSPS) is 12.3. The Hall–Kier alpha value is -4.32. The number of ketones is 1. The number of imidazole rings is 1. The third kappa shape index (κ3) is 6.96. The SMILES string of the molecule is CCC(=O)NS(=O)(=O)c1ccc(C)c(NC(=O)C(C(=O)C(C)(C)C)n2ccnc2C(=O)Nc2ccccc2)c1. The topological polar surface area (TPSA) is 156 Å². The number of nitrogens with zero attached hydrogens (tertiary/aromatic N) is 2. The molecule has 3 N–H and O–H groups in total. The van der Waals surface area contributed by atoms with Gasteiger partial charge in [-0.2, -0.15) is 0 Å². The van der Waals surface area contributed by atoms with Gasteiger partial charge in [0.05, 0.1) is 4.90 Å². The van der Waals surface area contributed by atoms with Crippen LogP contribution in [0.25, 0.3) is 0 Å². The average Bonchev–Trinajstić information content (AvgIpc) is 3.34. The number of nitrogens with one attached hydrogen (secondary N) is 3. The van der Waals surface area contributed by atoms with Crippen LogP contribution in [0.1, 0.15) is 56.3 Å². The highest BCUT2D eigenvalue weighted by Gasteiger charge is 2.38. The van der Waals surface area contributed by atoms with Crippen LogP contribution in [0.3, 0.4) is 0 Å². The van der Waals surface area contributed by atoms with E-state index in [1.807, 2.05) is 4.72 Å². The number of anilines is 2. The molecule has 1 unspecified atom stereocenters. The van der Waals surface area contributed by atoms with Crippen molar-refractivity contribution in [2.24, 2.45) is 5.41 Å². The van der Waals surface area contributed by atoms with Gasteiger partial charge < -0.3 is 15.2 Å². The summed E-state index contributed by atoms with van der Waals surface area (Å²) in [7, 11) is -4.18. The summed E-state index contributed by atoms with van der Waals surface area (Å²) >= 11 is 0. The summed E-state index contributed by atoms with van der Waals surface area (Å²) < 4.78 is 28.4. The number of hydrogen-bond donors (Lipinski definition) is 3. The summed E-state index contributed by atoms with van der Waals surface area (Å²) in [5, 5.41) is 5.32. The molecule has 0 aliphatic rings. The van der Waals surface area contributed by atoms with Crippen LogP contribution in [0, 0.1) is 12.3 Å². The maximum Gasteiger partial charge on any atom is 0.291 e. The van der Waals surface area contributed by atoms with E-state index in [0.29, 0.717) is 11.3 Å². The van der Waals surface area contributed by atoms with Gasteiger partial charge >= 0.3 is 0 Å². The Labute approximate surface area is 227 Å². The number of rotatable bonds is 9. The maximum absolute atomic E-state index is 13.6. The molecule has 39 heavy (non-hydrogen) atoms. The first-order valence-electron chi connectivity index (χ1n) is 12.1. The zero-order valence-corrected chi connectivity index (χ0v) is 23.1. The Morgan fingerprint density at radius 3 is 2.28 bits per heavy atom. The summed E-state index contributed by atoms with van der Waals surface area (Å²) in [6.45, 7) is 8.09. The van der Waals surface area contributed by atoms with Gasteiger partial charge in [0.2, 0.25) is 5.91 Å². The summed E-state index contributed by atoms with van der Waals surface area (Å²) in [4.78, 5) is 55.7. The fraction of sp³-hybridized carbons (Fsp3) is 0.296. The van der Waals surface area contributed by atoms with E-state index in [1.54, 1.807) is 58.0 Å². The van der Waals surface area contributed by atoms with E-state index in [2.05, 4.69) is 15.6 Å². The Balaban J connectivity index is 1.99. The summed E-state index contributed by atoms with van der Waals surface area (Å²) in [6, 6.07) is 11.1. The second-order valence-corrected chi connectivity index (χ2v) is 11.5. The third-order valence-corrected chi connectivity index (χ3v) is 7.13. The molecule has 3 aromatic rings. The predicted molar refractivity (Wildman–Crippen MR) is 146 cm³/mol. The molecule has 1 aromatic heterocycles. The second-order valence-electron chi connectivity index (χ2n) is 9.84. The molecule has 11 nitrogen and oxygen atoms in total. The molecular formula is C27H31N5O6S. The second kappa shape index (κ2) is 11.6. The minimum Gasteiger partial charge on any atom is -0.324 e. The van der Waals surface area contributed by atoms with Crippen LogP contribution >= 0.6 is 0 Å². The average molecular weight is 554 g/mol. The van der Waals surface area contributed by atoms with Gasteiger partial charge in [-0.1, -0.05) is 52.0 Å². The van der Waals surface area contributed by atoms with Gasteiger partial charge in [-0.3, -0.25) is 19.2 Å². The Morgan fingerprint density at radius 1 is 1.00 bits per heavy atom. The van der Waals surface area contributed by atoms with E-state index in [1.165, 1.54) is 42.1 Å². The number of carbonyl (C=O) groups excluding carboxylic acids is 4. The lowest BCUT2D eigenvalue weighted by Crippen LogP contribution is -2.40. The van der Waals surface area contributed by atoms with Gasteiger partial charge in [-0.15, -0.1) is 0 Å². The van der Waals surface area contributed by atoms with Gasteiger partial charge in [-0.25, -0.2) is 18.1 Å². The van der Waals surface area contributed by atoms with E-state index in [4.69, 9.17) is 0 Å². The molecule has 1 heterocycles. The van der Waals surface area contributed by atoms with Crippen molar-refractivity contribution >= 4 is 44.9 Å². The van der Waals surface area contributed by atoms with Gasteiger partial charge in [0.25, 0.3) is 21.8 Å². The fourth-order valence-electron chi connectivity index (χ4n) is 3.57. The van der Waals surface area contributed by atoms with Crippen molar-refractivity contribution < 1.29 is 27.6 Å². The lowest BCUT2D eigenvalue weighted by molar-refractivity contribution is -0.135. The molecule has 2 aromatic carbocycles. The number of aryl methyl sites for hydroxylation is 1. The molecule has 0 spiro atoms. The van der Waals surface area contributed by atoms with Crippen LogP contribution < -0.4 is 15.4 Å². The molecule has 3 rings (SSSR count). The largest absolute Gasteiger partial charge is 0.324 e. The Bertz CT molecular complexity index is 1510. The molecule has 3 amide bonds. The number of benzene rings is 2. The van der Waals surface area contributed by atoms with Crippen LogP contribution in [0.5, 0.6) is 0 Å². The van der Waals surface area contributed by atoms with E-state index >= 15 is 0 Å². The lowest BCUT2D eigenvalue weighted by atomic mass is 9.86. The standard InChI is InChI=1S/C27H31N5O6S/c1-6-21(33)31-39(37,38)19-13-12-17(2)20(16-19)30-25(35)22(23(34)27(3,4)5)32-15-14-28-24(32)26(36)29-18-10-8-7-9-11-18/h7-16,22H,6H2,1-5H3,(H,29,36)(H,30,35)(H,31,33). The highest BCUT2D eigenvalue weighted by atomic mass is 32.2. The molecule has 1 atom stereocenters. The number of aromatic nitrogens is 2. The summed E-state index contributed by atoms with van der Waals surface area (Å²) in [5.41, 5.74) is 0.154. The summed E-state index contributed by atoms with van der Waals surface area (Å²) in [5.74, 6) is -2.76. The minimum atomic E-state index is -4.18. The van der Waals surface area contributed by atoms with Crippen LogP contribution in [-0.4, -0.2) is 41.5 Å². The quantitative estimate of drug-likeness (QED) is 0.343. The lowest BCUT2D eigenvalue weighted by Gasteiger charge is -2.26. The highest BCUT2D eigenvalue weighted by Crippen LogP contribution is 2.28. The molecule has 0 saturated carbocycles. The van der Waals surface area contributed by atoms with E-state index in [0.717, 1.165) is 0 Å². The Morgan fingerprint density at radius 2 is 1.67 bits per heavy atom. The van der Waals surface area contributed by atoms with E-state index < -0.39 is 45.0 Å². The molecule has 0 bridgehead atoms. The smallest absolute Gasteiger partial charge is 0.291 e. The number of hydrogen-bond acceptors (Lipinski definition) is 7. The van der Waals surface area contributed by atoms with Gasteiger partial charge in [0.1, 0.15) is 0 Å². The Kier molecular flexibility index (Phi) is 8.70. The van der Waals surface area contributed by atoms with Gasteiger partial charge in [-0.05, 0) is 36.8 Å². The van der Waals surface area contributed by atoms with Crippen LogP contribution in [0.2, 0.25) is 0 Å². The van der Waals surface area contributed by atoms with Crippen LogP contribution in [0.15, 0.2) is 65.8 Å². The van der Waals surface area contributed by atoms with Crippen LogP contribution in [-0.2, 0) is 24.4 Å². The van der Waals surface area contributed by atoms with Crippen LogP contribution in [0.4, 0.5) is 11.4 Å². The van der Waals surface area contributed by atoms with Crippen molar-refractivity contribution in [3.05, 3.63) is 72.3 Å². The van der Waals surface area contributed by atoms with Crippen molar-refractivity contribution in [1.29, 1.82) is 0 Å². The highest BCUT2D eigenvalue weighted by molar-refractivity contribution is 7.90.